The first-order valence-electron chi connectivity index (χ1n) is 6.53. The predicted octanol–water partition coefficient (Wildman–Crippen LogP) is 2.42. The second kappa shape index (κ2) is 6.92. The van der Waals surface area contributed by atoms with E-state index in [1.807, 2.05) is 31.2 Å². The minimum atomic E-state index is -0.145. The number of carbonyl (C=O) groups excluding carboxylic acids is 1. The number of rotatable bonds is 4. The first-order chi connectivity index (χ1) is 9.58. The Hall–Kier alpha value is -1.30. The van der Waals surface area contributed by atoms with E-state index < -0.39 is 0 Å². The summed E-state index contributed by atoms with van der Waals surface area (Å²) in [5, 5.41) is 3.51. The molecule has 1 aromatic carbocycles. The number of hydrogen-bond donors (Lipinski definition) is 1. The fourth-order valence-electron chi connectivity index (χ4n) is 1.98. The summed E-state index contributed by atoms with van der Waals surface area (Å²) in [5.41, 5.74) is 0.996. The third-order valence-corrected chi connectivity index (χ3v) is 3.64. The molecule has 2 atom stereocenters. The monoisotopic (exact) mass is 298 g/mol. The Morgan fingerprint density at radius 2 is 2.40 bits per heavy atom. The molecule has 5 nitrogen and oxygen atoms in total. The normalized spacial score (nSPS) is 19.6. The van der Waals surface area contributed by atoms with Crippen LogP contribution in [0.25, 0.3) is 0 Å². The van der Waals surface area contributed by atoms with Gasteiger partial charge in [0.05, 0.1) is 12.6 Å². The molecule has 1 N–H and O–H groups in total. The third kappa shape index (κ3) is 3.85. The van der Waals surface area contributed by atoms with Crippen molar-refractivity contribution in [3.05, 3.63) is 34.9 Å². The van der Waals surface area contributed by atoms with Gasteiger partial charge in [0.25, 0.3) is 0 Å². The lowest BCUT2D eigenvalue weighted by atomic mass is 10.1. The van der Waals surface area contributed by atoms with Crippen molar-refractivity contribution in [2.75, 3.05) is 27.0 Å². The summed E-state index contributed by atoms with van der Waals surface area (Å²) in [6.45, 7) is 3.23. The van der Waals surface area contributed by atoms with Crippen molar-refractivity contribution in [2.45, 2.75) is 19.1 Å². The molecule has 1 saturated heterocycles. The number of nitrogens with zero attached hydrogens (tertiary/aromatic N) is 1. The summed E-state index contributed by atoms with van der Waals surface area (Å²) in [6.07, 6.45) is -0.0613. The average molecular weight is 299 g/mol. The van der Waals surface area contributed by atoms with Crippen molar-refractivity contribution in [1.29, 1.82) is 0 Å². The molecule has 1 aliphatic heterocycles. The molecule has 6 heteroatoms. The molecular formula is C14H19ClN2O3. The molecule has 0 spiro atoms. The van der Waals surface area contributed by atoms with Gasteiger partial charge in [0.2, 0.25) is 0 Å². The van der Waals surface area contributed by atoms with Crippen LogP contribution in [-0.4, -0.2) is 44.0 Å². The molecule has 2 unspecified atom stereocenters. The van der Waals surface area contributed by atoms with E-state index in [2.05, 4.69) is 5.32 Å². The molecule has 0 aromatic heterocycles. The maximum atomic E-state index is 12.1. The molecule has 0 bridgehead atoms. The zero-order valence-electron chi connectivity index (χ0n) is 11.6. The predicted molar refractivity (Wildman–Crippen MR) is 76.7 cm³/mol. The van der Waals surface area contributed by atoms with Crippen molar-refractivity contribution in [3.8, 4) is 0 Å². The van der Waals surface area contributed by atoms with E-state index >= 15 is 0 Å². The van der Waals surface area contributed by atoms with Gasteiger partial charge in [-0.1, -0.05) is 23.7 Å². The highest BCUT2D eigenvalue weighted by Gasteiger charge is 2.20. The SMILES string of the molecule is CC(c1cccc(Cl)c1)N(C)C(=O)NCC1COCO1. The topological polar surface area (TPSA) is 50.8 Å². The Balaban J connectivity index is 1.88. The Morgan fingerprint density at radius 1 is 1.60 bits per heavy atom. The van der Waals surface area contributed by atoms with Gasteiger partial charge < -0.3 is 19.7 Å². The summed E-state index contributed by atoms with van der Waals surface area (Å²) in [4.78, 5) is 13.7. The lowest BCUT2D eigenvalue weighted by Crippen LogP contribution is -2.42. The Labute approximate surface area is 123 Å². The molecule has 110 valence electrons. The molecule has 1 heterocycles. The lowest BCUT2D eigenvalue weighted by Gasteiger charge is -2.26. The third-order valence-electron chi connectivity index (χ3n) is 3.40. The van der Waals surface area contributed by atoms with Gasteiger partial charge in [-0.05, 0) is 24.6 Å². The molecule has 0 radical (unpaired) electrons. The maximum absolute atomic E-state index is 12.1. The van der Waals surface area contributed by atoms with Crippen molar-refractivity contribution in [3.63, 3.8) is 0 Å². The second-order valence-electron chi connectivity index (χ2n) is 4.81. The van der Waals surface area contributed by atoms with Gasteiger partial charge in [-0.3, -0.25) is 0 Å². The highest BCUT2D eigenvalue weighted by Crippen LogP contribution is 2.21. The smallest absolute Gasteiger partial charge is 0.317 e. The maximum Gasteiger partial charge on any atom is 0.317 e. The van der Waals surface area contributed by atoms with E-state index in [1.165, 1.54) is 0 Å². The summed E-state index contributed by atoms with van der Waals surface area (Å²) in [7, 11) is 1.76. The van der Waals surface area contributed by atoms with Crippen molar-refractivity contribution in [2.24, 2.45) is 0 Å². The van der Waals surface area contributed by atoms with E-state index in [4.69, 9.17) is 21.1 Å². The van der Waals surface area contributed by atoms with Gasteiger partial charge in [-0.15, -0.1) is 0 Å². The first kappa shape index (κ1) is 15.1. The minimum absolute atomic E-state index is 0.0607. The van der Waals surface area contributed by atoms with Crippen LogP contribution in [-0.2, 0) is 9.47 Å². The number of urea groups is 1. The van der Waals surface area contributed by atoms with E-state index in [1.54, 1.807) is 11.9 Å². The molecule has 2 amide bonds. The van der Waals surface area contributed by atoms with Crippen molar-refractivity contribution < 1.29 is 14.3 Å². The van der Waals surface area contributed by atoms with Gasteiger partial charge in [0.15, 0.2) is 0 Å². The number of halogens is 1. The summed E-state index contributed by atoms with van der Waals surface area (Å²) >= 11 is 5.97. The van der Waals surface area contributed by atoms with Gasteiger partial charge in [0, 0.05) is 18.6 Å². The van der Waals surface area contributed by atoms with Crippen molar-refractivity contribution >= 4 is 17.6 Å². The largest absolute Gasteiger partial charge is 0.353 e. The van der Waals surface area contributed by atoms with Crippen LogP contribution in [0.4, 0.5) is 4.79 Å². The van der Waals surface area contributed by atoms with Crippen LogP contribution in [0.5, 0.6) is 0 Å². The minimum Gasteiger partial charge on any atom is -0.353 e. The molecular weight excluding hydrogens is 280 g/mol. The van der Waals surface area contributed by atoms with E-state index in [0.717, 1.165) is 5.56 Å². The summed E-state index contributed by atoms with van der Waals surface area (Å²) < 4.78 is 10.3. The van der Waals surface area contributed by atoms with Crippen LogP contribution in [0, 0.1) is 0 Å². The standard InChI is InChI=1S/C14H19ClN2O3/c1-10(11-4-3-5-12(15)6-11)17(2)14(18)16-7-13-8-19-9-20-13/h3-6,10,13H,7-9H2,1-2H3,(H,16,18). The zero-order chi connectivity index (χ0) is 14.5. The van der Waals surface area contributed by atoms with Crippen molar-refractivity contribution in [1.82, 2.24) is 10.2 Å². The number of nitrogens with one attached hydrogen (secondary N) is 1. The zero-order valence-corrected chi connectivity index (χ0v) is 12.4. The quantitative estimate of drug-likeness (QED) is 0.929. The number of carbonyl (C=O) groups is 1. The number of amides is 2. The Bertz CT molecular complexity index is 463. The second-order valence-corrected chi connectivity index (χ2v) is 5.24. The highest BCUT2D eigenvalue weighted by atomic mass is 35.5. The number of benzene rings is 1. The van der Waals surface area contributed by atoms with Gasteiger partial charge >= 0.3 is 6.03 Å². The summed E-state index contributed by atoms with van der Waals surface area (Å²) in [6, 6.07) is 7.30. The molecule has 1 fully saturated rings. The van der Waals surface area contributed by atoms with Crippen LogP contribution < -0.4 is 5.32 Å². The van der Waals surface area contributed by atoms with E-state index in [-0.39, 0.29) is 18.2 Å². The molecule has 20 heavy (non-hydrogen) atoms. The molecule has 0 aliphatic carbocycles. The Morgan fingerprint density at radius 3 is 3.05 bits per heavy atom. The van der Waals surface area contributed by atoms with Crippen LogP contribution >= 0.6 is 11.6 Å². The van der Waals surface area contributed by atoms with Crippen LogP contribution in [0.15, 0.2) is 24.3 Å². The van der Waals surface area contributed by atoms with Crippen LogP contribution in [0.2, 0.25) is 5.02 Å². The highest BCUT2D eigenvalue weighted by molar-refractivity contribution is 6.30. The van der Waals surface area contributed by atoms with Gasteiger partial charge in [0.1, 0.15) is 12.9 Å². The van der Waals surface area contributed by atoms with Gasteiger partial charge in [-0.25, -0.2) is 4.79 Å². The first-order valence-corrected chi connectivity index (χ1v) is 6.91. The molecule has 2 rings (SSSR count). The number of hydrogen-bond acceptors (Lipinski definition) is 3. The molecule has 1 aliphatic rings. The fourth-order valence-corrected chi connectivity index (χ4v) is 2.18. The van der Waals surface area contributed by atoms with Crippen LogP contribution in [0.1, 0.15) is 18.5 Å². The summed E-state index contributed by atoms with van der Waals surface area (Å²) in [5.74, 6) is 0. The van der Waals surface area contributed by atoms with Gasteiger partial charge in [-0.2, -0.15) is 0 Å². The Kier molecular flexibility index (Phi) is 5.23. The van der Waals surface area contributed by atoms with E-state index in [9.17, 15) is 4.79 Å². The number of ether oxygens (including phenoxy) is 2. The lowest BCUT2D eigenvalue weighted by molar-refractivity contribution is 0.0471. The molecule has 1 aromatic rings. The average Bonchev–Trinajstić information content (AvgIpc) is 2.96. The van der Waals surface area contributed by atoms with Crippen LogP contribution in [0.3, 0.4) is 0 Å². The van der Waals surface area contributed by atoms with E-state index in [0.29, 0.717) is 25.0 Å². The fraction of sp³-hybridized carbons (Fsp3) is 0.500. The molecule has 0 saturated carbocycles.